The zero-order valence-electron chi connectivity index (χ0n) is 8.93. The molecule has 2 nitrogen and oxygen atoms in total. The van der Waals surface area contributed by atoms with Gasteiger partial charge in [0.1, 0.15) is 5.60 Å². The van der Waals surface area contributed by atoms with Crippen LogP contribution in [0.1, 0.15) is 52.9 Å². The first-order valence-corrected chi connectivity index (χ1v) is 5.30. The van der Waals surface area contributed by atoms with E-state index in [0.29, 0.717) is 0 Å². The molecule has 1 aliphatic rings. The molecule has 13 heavy (non-hydrogen) atoms. The highest BCUT2D eigenvalue weighted by Crippen LogP contribution is 2.33. The first-order chi connectivity index (χ1) is 6.07. The van der Waals surface area contributed by atoms with Crippen molar-refractivity contribution in [2.24, 2.45) is 5.92 Å². The minimum absolute atomic E-state index is 0.0214. The Bertz CT molecular complexity index is 181. The summed E-state index contributed by atoms with van der Waals surface area (Å²) < 4.78 is 5.51. The summed E-state index contributed by atoms with van der Waals surface area (Å²) in [5.74, 6) is 0.0318. The summed E-state index contributed by atoms with van der Waals surface area (Å²) in [5, 5.41) is 0. The lowest BCUT2D eigenvalue weighted by Gasteiger charge is -2.25. The van der Waals surface area contributed by atoms with Crippen LogP contribution >= 0.6 is 0 Å². The van der Waals surface area contributed by atoms with Crippen LogP contribution in [0, 0.1) is 5.92 Å². The maximum Gasteiger partial charge on any atom is 0.309 e. The number of rotatable bonds is 3. The molecular formula is C11H20O2. The highest BCUT2D eigenvalue weighted by molar-refractivity contribution is 5.72. The standard InChI is InChI=1S/C11H20O2/c1-4-9(2)10(12)13-11(3)7-5-6-8-11/h9H,4-8H2,1-3H3/t9-/m1/s1. The zero-order valence-corrected chi connectivity index (χ0v) is 8.93. The Morgan fingerprint density at radius 3 is 2.46 bits per heavy atom. The molecule has 1 rings (SSSR count). The molecule has 0 spiro atoms. The number of carbonyl (C=O) groups excluding carboxylic acids is 1. The van der Waals surface area contributed by atoms with Gasteiger partial charge in [-0.3, -0.25) is 4.79 Å². The van der Waals surface area contributed by atoms with E-state index in [-0.39, 0.29) is 17.5 Å². The van der Waals surface area contributed by atoms with Crippen LogP contribution in [0.3, 0.4) is 0 Å². The quantitative estimate of drug-likeness (QED) is 0.630. The van der Waals surface area contributed by atoms with Crippen molar-refractivity contribution in [3.8, 4) is 0 Å². The second-order valence-electron chi connectivity index (χ2n) is 4.39. The van der Waals surface area contributed by atoms with Crippen molar-refractivity contribution in [2.45, 2.75) is 58.5 Å². The van der Waals surface area contributed by atoms with Crippen molar-refractivity contribution in [2.75, 3.05) is 0 Å². The number of hydrogen-bond donors (Lipinski definition) is 0. The van der Waals surface area contributed by atoms with Crippen LogP contribution in [0.2, 0.25) is 0 Å². The molecule has 0 radical (unpaired) electrons. The fourth-order valence-corrected chi connectivity index (χ4v) is 1.74. The Balaban J connectivity index is 2.43. The minimum Gasteiger partial charge on any atom is -0.459 e. The van der Waals surface area contributed by atoms with Crippen molar-refractivity contribution in [3.05, 3.63) is 0 Å². The molecule has 0 aromatic heterocycles. The van der Waals surface area contributed by atoms with Crippen molar-refractivity contribution in [1.29, 1.82) is 0 Å². The van der Waals surface area contributed by atoms with Crippen LogP contribution in [-0.4, -0.2) is 11.6 Å². The number of hydrogen-bond acceptors (Lipinski definition) is 2. The van der Waals surface area contributed by atoms with Gasteiger partial charge in [0.2, 0.25) is 0 Å². The Kier molecular flexibility index (Phi) is 3.34. The third-order valence-corrected chi connectivity index (χ3v) is 3.02. The number of ether oxygens (including phenoxy) is 1. The van der Waals surface area contributed by atoms with Gasteiger partial charge in [-0.1, -0.05) is 13.8 Å². The number of esters is 1. The molecule has 1 saturated carbocycles. The third kappa shape index (κ3) is 2.71. The molecule has 0 N–H and O–H groups in total. The van der Waals surface area contributed by atoms with Gasteiger partial charge in [0.05, 0.1) is 5.92 Å². The highest BCUT2D eigenvalue weighted by atomic mass is 16.6. The Labute approximate surface area is 80.7 Å². The molecule has 1 atom stereocenters. The van der Waals surface area contributed by atoms with Crippen LogP contribution in [-0.2, 0) is 9.53 Å². The van der Waals surface area contributed by atoms with E-state index in [1.54, 1.807) is 0 Å². The summed E-state index contributed by atoms with van der Waals surface area (Å²) in [4.78, 5) is 11.5. The van der Waals surface area contributed by atoms with Crippen molar-refractivity contribution >= 4 is 5.97 Å². The molecule has 0 aromatic carbocycles. The highest BCUT2D eigenvalue weighted by Gasteiger charge is 2.33. The van der Waals surface area contributed by atoms with E-state index in [1.807, 2.05) is 13.8 Å². The summed E-state index contributed by atoms with van der Waals surface area (Å²) in [6, 6.07) is 0. The van der Waals surface area contributed by atoms with E-state index in [9.17, 15) is 4.79 Å². The van der Waals surface area contributed by atoms with E-state index >= 15 is 0 Å². The molecule has 0 aliphatic heterocycles. The molecule has 0 amide bonds. The van der Waals surface area contributed by atoms with Gasteiger partial charge in [0, 0.05) is 0 Å². The van der Waals surface area contributed by atoms with Crippen LogP contribution in [0.4, 0.5) is 0 Å². The second kappa shape index (κ2) is 4.12. The van der Waals surface area contributed by atoms with Crippen LogP contribution in [0.5, 0.6) is 0 Å². The van der Waals surface area contributed by atoms with Crippen LogP contribution < -0.4 is 0 Å². The van der Waals surface area contributed by atoms with E-state index in [0.717, 1.165) is 19.3 Å². The molecule has 0 aromatic rings. The summed E-state index contributed by atoms with van der Waals surface area (Å²) in [5.41, 5.74) is -0.152. The maximum atomic E-state index is 11.5. The lowest BCUT2D eigenvalue weighted by molar-refractivity contribution is -0.162. The van der Waals surface area contributed by atoms with Gasteiger partial charge in [0.25, 0.3) is 0 Å². The Morgan fingerprint density at radius 2 is 2.00 bits per heavy atom. The van der Waals surface area contributed by atoms with E-state index in [1.165, 1.54) is 12.8 Å². The minimum atomic E-state index is -0.152. The second-order valence-corrected chi connectivity index (χ2v) is 4.39. The van der Waals surface area contributed by atoms with Crippen molar-refractivity contribution in [3.63, 3.8) is 0 Å². The molecule has 0 unspecified atom stereocenters. The summed E-state index contributed by atoms with van der Waals surface area (Å²) >= 11 is 0. The van der Waals surface area contributed by atoms with Gasteiger partial charge >= 0.3 is 5.97 Å². The number of carbonyl (C=O) groups is 1. The van der Waals surface area contributed by atoms with Crippen LogP contribution in [0.15, 0.2) is 0 Å². The summed E-state index contributed by atoms with van der Waals surface area (Å²) in [6.45, 7) is 6.00. The van der Waals surface area contributed by atoms with E-state index in [4.69, 9.17) is 4.74 Å². The van der Waals surface area contributed by atoms with E-state index in [2.05, 4.69) is 6.92 Å². The van der Waals surface area contributed by atoms with Gasteiger partial charge in [-0.15, -0.1) is 0 Å². The van der Waals surface area contributed by atoms with Gasteiger partial charge in [0.15, 0.2) is 0 Å². The van der Waals surface area contributed by atoms with Crippen LogP contribution in [0.25, 0.3) is 0 Å². The normalized spacial score (nSPS) is 22.7. The Morgan fingerprint density at radius 1 is 1.46 bits per heavy atom. The fourth-order valence-electron chi connectivity index (χ4n) is 1.74. The summed E-state index contributed by atoms with van der Waals surface area (Å²) in [7, 11) is 0. The lowest BCUT2D eigenvalue weighted by atomic mass is 10.0. The average Bonchev–Trinajstić information content (AvgIpc) is 2.50. The predicted molar refractivity (Wildman–Crippen MR) is 52.4 cm³/mol. The molecule has 1 fully saturated rings. The molecule has 0 heterocycles. The maximum absolute atomic E-state index is 11.5. The molecule has 2 heteroatoms. The van der Waals surface area contributed by atoms with Crippen molar-refractivity contribution < 1.29 is 9.53 Å². The third-order valence-electron chi connectivity index (χ3n) is 3.02. The topological polar surface area (TPSA) is 26.3 Å². The predicted octanol–water partition coefficient (Wildman–Crippen LogP) is 2.91. The monoisotopic (exact) mass is 184 g/mol. The zero-order chi connectivity index (χ0) is 9.90. The Hall–Kier alpha value is -0.530. The van der Waals surface area contributed by atoms with Crippen molar-refractivity contribution in [1.82, 2.24) is 0 Å². The van der Waals surface area contributed by atoms with Gasteiger partial charge in [-0.2, -0.15) is 0 Å². The first kappa shape index (κ1) is 10.6. The first-order valence-electron chi connectivity index (χ1n) is 5.30. The molecule has 0 bridgehead atoms. The fraction of sp³-hybridized carbons (Fsp3) is 0.909. The molecule has 1 aliphatic carbocycles. The molecule has 0 saturated heterocycles. The van der Waals surface area contributed by atoms with E-state index < -0.39 is 0 Å². The summed E-state index contributed by atoms with van der Waals surface area (Å²) in [6.07, 6.45) is 5.34. The average molecular weight is 184 g/mol. The molecule has 76 valence electrons. The van der Waals surface area contributed by atoms with Gasteiger partial charge in [-0.25, -0.2) is 0 Å². The van der Waals surface area contributed by atoms with Gasteiger partial charge < -0.3 is 4.74 Å². The largest absolute Gasteiger partial charge is 0.459 e. The SMILES string of the molecule is CC[C@@H](C)C(=O)OC1(C)CCCC1. The molecular weight excluding hydrogens is 164 g/mol. The smallest absolute Gasteiger partial charge is 0.309 e. The lowest BCUT2D eigenvalue weighted by Crippen LogP contribution is -2.30. The van der Waals surface area contributed by atoms with Gasteiger partial charge in [-0.05, 0) is 39.0 Å².